The highest BCUT2D eigenvalue weighted by molar-refractivity contribution is 6.06. The fourth-order valence-electron chi connectivity index (χ4n) is 5.40. The van der Waals surface area contributed by atoms with Crippen molar-refractivity contribution in [2.75, 3.05) is 11.9 Å². The lowest BCUT2D eigenvalue weighted by molar-refractivity contribution is -0.159. The molecule has 1 aliphatic heterocycles. The number of hydrogen-bond acceptors (Lipinski definition) is 6. The number of nitrogens with two attached hydrogens (primary N) is 1. The van der Waals surface area contributed by atoms with Gasteiger partial charge >= 0.3 is 12.3 Å². The Morgan fingerprint density at radius 2 is 1.88 bits per heavy atom. The molecule has 40 heavy (non-hydrogen) atoms. The second-order valence-electron chi connectivity index (χ2n) is 10.6. The van der Waals surface area contributed by atoms with Crippen LogP contribution in [-0.4, -0.2) is 58.4 Å². The standard InChI is InChI=1S/C28H29F3N4O5/c1-16(18-7-8-18)34(14-17-5-3-2-4-6-17)22(36)15-35-25(38)27(40-26(35)39)12-11-19-13-20(9-10-21(19)27)33-24(37)23(32)28(29,30)31/h2-6,9-10,13,16,18,23H,7-8,11-12,14-15,32H2,1H3,(H,33,37). The van der Waals surface area contributed by atoms with Gasteiger partial charge in [-0.05, 0) is 55.4 Å². The van der Waals surface area contributed by atoms with Gasteiger partial charge in [-0.15, -0.1) is 0 Å². The summed E-state index contributed by atoms with van der Waals surface area (Å²) in [6.45, 7) is 1.84. The Bertz CT molecular complexity index is 1350. The van der Waals surface area contributed by atoms with Crippen molar-refractivity contribution in [2.24, 2.45) is 11.7 Å². The van der Waals surface area contributed by atoms with Crippen LogP contribution in [0.15, 0.2) is 48.5 Å². The Hall–Kier alpha value is -3.93. The number of nitrogens with zero attached hydrogens (tertiary/aromatic N) is 2. The Balaban J connectivity index is 1.32. The number of carbonyl (C=O) groups is 4. The largest absolute Gasteiger partial charge is 0.427 e. The van der Waals surface area contributed by atoms with Crippen LogP contribution in [0.1, 0.15) is 42.9 Å². The van der Waals surface area contributed by atoms with E-state index >= 15 is 0 Å². The lowest BCUT2D eigenvalue weighted by Crippen LogP contribution is -2.47. The molecule has 0 aromatic heterocycles. The monoisotopic (exact) mass is 558 g/mol. The van der Waals surface area contributed by atoms with Crippen LogP contribution in [0.3, 0.4) is 0 Å². The number of halogens is 3. The molecule has 2 fully saturated rings. The summed E-state index contributed by atoms with van der Waals surface area (Å²) >= 11 is 0. The van der Waals surface area contributed by atoms with Gasteiger partial charge < -0.3 is 20.7 Å². The molecule has 2 aromatic rings. The first-order valence-electron chi connectivity index (χ1n) is 13.1. The number of nitrogens with one attached hydrogen (secondary N) is 1. The summed E-state index contributed by atoms with van der Waals surface area (Å²) < 4.78 is 43.9. The molecule has 3 unspecified atom stereocenters. The highest BCUT2D eigenvalue weighted by Gasteiger charge is 2.58. The van der Waals surface area contributed by atoms with Gasteiger partial charge in [0.1, 0.15) is 6.54 Å². The minimum Gasteiger partial charge on any atom is -0.427 e. The van der Waals surface area contributed by atoms with Gasteiger partial charge in [-0.25, -0.2) is 9.69 Å². The molecule has 5 rings (SSSR count). The minimum absolute atomic E-state index is 0.0647. The van der Waals surface area contributed by atoms with Gasteiger partial charge in [0.25, 0.3) is 11.8 Å². The molecule has 2 aromatic carbocycles. The zero-order chi connectivity index (χ0) is 28.8. The number of hydrogen-bond donors (Lipinski definition) is 2. The average Bonchev–Trinajstić information content (AvgIpc) is 3.67. The molecule has 9 nitrogen and oxygen atoms in total. The van der Waals surface area contributed by atoms with E-state index in [1.54, 1.807) is 4.90 Å². The lowest BCUT2D eigenvalue weighted by Gasteiger charge is -2.30. The molecule has 0 radical (unpaired) electrons. The van der Waals surface area contributed by atoms with Gasteiger partial charge in [-0.1, -0.05) is 36.4 Å². The van der Waals surface area contributed by atoms with Crippen molar-refractivity contribution in [3.8, 4) is 0 Å². The van der Waals surface area contributed by atoms with Crippen LogP contribution in [0, 0.1) is 5.92 Å². The number of alkyl halides is 3. The van der Waals surface area contributed by atoms with Gasteiger partial charge in [0.05, 0.1) is 0 Å². The number of carbonyl (C=O) groups excluding carboxylic acids is 4. The molecule has 1 spiro atoms. The summed E-state index contributed by atoms with van der Waals surface area (Å²) in [5, 5.41) is 2.13. The molecule has 1 saturated carbocycles. The fraction of sp³-hybridized carbons (Fsp3) is 0.429. The molecule has 1 heterocycles. The van der Waals surface area contributed by atoms with Crippen LogP contribution in [-0.2, 0) is 37.7 Å². The first kappa shape index (κ1) is 27.6. The topological polar surface area (TPSA) is 122 Å². The van der Waals surface area contributed by atoms with Gasteiger partial charge in [0.15, 0.2) is 6.04 Å². The Morgan fingerprint density at radius 1 is 1.18 bits per heavy atom. The number of fused-ring (bicyclic) bond motifs is 2. The van der Waals surface area contributed by atoms with Crippen LogP contribution in [0.25, 0.3) is 0 Å². The molecular weight excluding hydrogens is 529 g/mol. The third kappa shape index (κ3) is 5.15. The second kappa shape index (κ2) is 10.2. The molecule has 3 atom stereocenters. The molecule has 12 heteroatoms. The maximum atomic E-state index is 13.6. The summed E-state index contributed by atoms with van der Waals surface area (Å²) in [6, 6.07) is 10.9. The summed E-state index contributed by atoms with van der Waals surface area (Å²) in [7, 11) is 0. The molecule has 2 aliphatic carbocycles. The Labute approximate surface area is 228 Å². The van der Waals surface area contributed by atoms with E-state index in [9.17, 15) is 32.3 Å². The predicted octanol–water partition coefficient (Wildman–Crippen LogP) is 3.46. The van der Waals surface area contributed by atoms with E-state index in [1.165, 1.54) is 18.2 Å². The van der Waals surface area contributed by atoms with E-state index in [-0.39, 0.29) is 30.5 Å². The summed E-state index contributed by atoms with van der Waals surface area (Å²) in [5.41, 5.74) is 5.22. The lowest BCUT2D eigenvalue weighted by atomic mass is 9.94. The zero-order valence-electron chi connectivity index (χ0n) is 21.7. The van der Waals surface area contributed by atoms with Crippen molar-refractivity contribution in [1.29, 1.82) is 0 Å². The maximum Gasteiger partial charge on any atom is 0.418 e. The SMILES string of the molecule is CC(C1CC1)N(Cc1ccccc1)C(=O)CN1C(=O)OC2(CCc3cc(NC(=O)C(N)C(F)(F)F)ccc32)C1=O. The van der Waals surface area contributed by atoms with Gasteiger partial charge in [0.2, 0.25) is 11.5 Å². The number of aryl methyl sites for hydroxylation is 1. The molecular formula is C28H29F3N4O5. The van der Waals surface area contributed by atoms with E-state index in [4.69, 9.17) is 10.5 Å². The maximum absolute atomic E-state index is 13.6. The summed E-state index contributed by atoms with van der Waals surface area (Å²) in [5.74, 6) is -2.10. The normalized spacial score (nSPS) is 21.7. The predicted molar refractivity (Wildman–Crippen MR) is 136 cm³/mol. The van der Waals surface area contributed by atoms with E-state index < -0.39 is 42.3 Å². The van der Waals surface area contributed by atoms with Crippen molar-refractivity contribution >= 4 is 29.5 Å². The third-order valence-corrected chi connectivity index (χ3v) is 7.87. The number of imide groups is 1. The molecule has 1 saturated heterocycles. The van der Waals surface area contributed by atoms with Gasteiger partial charge in [-0.3, -0.25) is 14.4 Å². The van der Waals surface area contributed by atoms with Crippen LogP contribution in [0.4, 0.5) is 23.7 Å². The number of ether oxygens (including phenoxy) is 1. The van der Waals surface area contributed by atoms with Crippen LogP contribution >= 0.6 is 0 Å². The second-order valence-corrected chi connectivity index (χ2v) is 10.6. The van der Waals surface area contributed by atoms with Crippen molar-refractivity contribution < 1.29 is 37.1 Å². The average molecular weight is 559 g/mol. The van der Waals surface area contributed by atoms with E-state index in [1.807, 2.05) is 37.3 Å². The van der Waals surface area contributed by atoms with E-state index in [2.05, 4.69) is 5.32 Å². The molecule has 4 amide bonds. The quantitative estimate of drug-likeness (QED) is 0.512. The molecule has 0 bridgehead atoms. The van der Waals surface area contributed by atoms with E-state index in [0.717, 1.165) is 23.3 Å². The smallest absolute Gasteiger partial charge is 0.418 e. The van der Waals surface area contributed by atoms with Crippen LogP contribution in [0.5, 0.6) is 0 Å². The van der Waals surface area contributed by atoms with Crippen LogP contribution in [0.2, 0.25) is 0 Å². The number of rotatable bonds is 8. The first-order chi connectivity index (χ1) is 18.9. The van der Waals surface area contributed by atoms with Crippen LogP contribution < -0.4 is 11.1 Å². The van der Waals surface area contributed by atoms with Crippen molar-refractivity contribution in [3.63, 3.8) is 0 Å². The highest BCUT2D eigenvalue weighted by Crippen LogP contribution is 2.46. The number of benzene rings is 2. The van der Waals surface area contributed by atoms with Crippen molar-refractivity contribution in [3.05, 3.63) is 65.2 Å². The van der Waals surface area contributed by atoms with Gasteiger partial charge in [-0.2, -0.15) is 13.2 Å². The first-order valence-corrected chi connectivity index (χ1v) is 13.1. The summed E-state index contributed by atoms with van der Waals surface area (Å²) in [4.78, 5) is 54.4. The Morgan fingerprint density at radius 3 is 2.52 bits per heavy atom. The fourth-order valence-corrected chi connectivity index (χ4v) is 5.40. The number of amides is 4. The minimum atomic E-state index is -4.90. The van der Waals surface area contributed by atoms with Gasteiger partial charge in [0, 0.05) is 30.3 Å². The third-order valence-electron chi connectivity index (χ3n) is 7.87. The molecule has 3 N–H and O–H groups in total. The summed E-state index contributed by atoms with van der Waals surface area (Å²) in [6.07, 6.45) is -3.45. The highest BCUT2D eigenvalue weighted by atomic mass is 19.4. The zero-order valence-corrected chi connectivity index (χ0v) is 21.7. The van der Waals surface area contributed by atoms with Crippen molar-refractivity contribution in [2.45, 2.75) is 63.0 Å². The molecule has 3 aliphatic rings. The van der Waals surface area contributed by atoms with E-state index in [0.29, 0.717) is 23.6 Å². The Kier molecular flexibility index (Phi) is 7.07. The number of anilines is 1. The van der Waals surface area contributed by atoms with Crippen molar-refractivity contribution in [1.82, 2.24) is 9.80 Å². The molecule has 212 valence electrons.